The first-order valence-corrected chi connectivity index (χ1v) is 9.75. The van der Waals surface area contributed by atoms with Gasteiger partial charge in [0.05, 0.1) is 0 Å². The van der Waals surface area contributed by atoms with E-state index in [4.69, 9.17) is 4.18 Å². The molecular weight excluding hydrogens is 346 g/mol. The van der Waals surface area contributed by atoms with Crippen molar-refractivity contribution in [3.05, 3.63) is 89.5 Å². The average molecular weight is 367 g/mol. The minimum Gasteiger partial charge on any atom is -0.381 e. The Morgan fingerprint density at radius 1 is 0.885 bits per heavy atom. The van der Waals surface area contributed by atoms with Crippen molar-refractivity contribution >= 4 is 15.8 Å². The first kappa shape index (κ1) is 18.0. The fraction of sp³-hybridized carbons (Fsp3) is 0.143. The zero-order valence-electron chi connectivity index (χ0n) is 14.8. The van der Waals surface area contributed by atoms with Crippen molar-refractivity contribution < 1.29 is 12.6 Å². The van der Waals surface area contributed by atoms with E-state index in [0.29, 0.717) is 12.3 Å². The lowest BCUT2D eigenvalue weighted by atomic mass is 10.1. The highest BCUT2D eigenvalue weighted by molar-refractivity contribution is 7.87. The van der Waals surface area contributed by atoms with Gasteiger partial charge in [0.15, 0.2) is 0 Å². The zero-order chi connectivity index (χ0) is 18.6. The van der Waals surface area contributed by atoms with Crippen LogP contribution in [0.5, 0.6) is 5.75 Å². The molecule has 0 spiro atoms. The Kier molecular flexibility index (Phi) is 5.28. The molecular formula is C21H21NO3S. The number of para-hydroxylation sites is 1. The molecule has 4 nitrogen and oxygen atoms in total. The largest absolute Gasteiger partial charge is 0.381 e. The van der Waals surface area contributed by atoms with Crippen LogP contribution in [0.25, 0.3) is 0 Å². The summed E-state index contributed by atoms with van der Waals surface area (Å²) in [5.41, 5.74) is 4.12. The van der Waals surface area contributed by atoms with Crippen molar-refractivity contribution in [2.45, 2.75) is 25.3 Å². The van der Waals surface area contributed by atoms with Crippen LogP contribution in [-0.2, 0) is 16.7 Å². The van der Waals surface area contributed by atoms with Crippen molar-refractivity contribution in [2.75, 3.05) is 5.32 Å². The quantitative estimate of drug-likeness (QED) is 0.643. The molecule has 5 heteroatoms. The number of aryl methyl sites for hydroxylation is 2. The van der Waals surface area contributed by atoms with Gasteiger partial charge >= 0.3 is 10.1 Å². The summed E-state index contributed by atoms with van der Waals surface area (Å²) in [5.74, 6) is 0.327. The Morgan fingerprint density at radius 3 is 2.31 bits per heavy atom. The monoisotopic (exact) mass is 367 g/mol. The molecule has 0 radical (unpaired) electrons. The highest BCUT2D eigenvalue weighted by Gasteiger charge is 2.17. The molecule has 134 valence electrons. The van der Waals surface area contributed by atoms with E-state index >= 15 is 0 Å². The molecule has 0 saturated carbocycles. The molecule has 1 N–H and O–H groups in total. The van der Waals surface area contributed by atoms with Crippen LogP contribution in [0.4, 0.5) is 5.69 Å². The van der Waals surface area contributed by atoms with Gasteiger partial charge in [-0.2, -0.15) is 8.42 Å². The highest BCUT2D eigenvalue weighted by atomic mass is 32.2. The van der Waals surface area contributed by atoms with E-state index in [1.807, 2.05) is 38.1 Å². The standard InChI is InChI=1S/C21H21NO3S/c1-16-12-13-20(17(2)14-16)22-15-18-8-6-7-11-21(18)25-26(23,24)19-9-4-3-5-10-19/h3-14,22H,15H2,1-2H3. The summed E-state index contributed by atoms with van der Waals surface area (Å²) in [7, 11) is -3.86. The summed E-state index contributed by atoms with van der Waals surface area (Å²) in [6, 6.07) is 21.5. The van der Waals surface area contributed by atoms with Gasteiger partial charge in [-0.25, -0.2) is 0 Å². The molecule has 3 aromatic carbocycles. The third kappa shape index (κ3) is 4.24. The maximum Gasteiger partial charge on any atom is 0.339 e. The van der Waals surface area contributed by atoms with Crippen LogP contribution >= 0.6 is 0 Å². The lowest BCUT2D eigenvalue weighted by molar-refractivity contribution is 0.483. The molecule has 0 aliphatic rings. The van der Waals surface area contributed by atoms with Crippen molar-refractivity contribution in [3.8, 4) is 5.75 Å². The van der Waals surface area contributed by atoms with Crippen LogP contribution in [0.2, 0.25) is 0 Å². The molecule has 3 rings (SSSR count). The Bertz CT molecular complexity index is 999. The van der Waals surface area contributed by atoms with E-state index in [2.05, 4.69) is 11.4 Å². The topological polar surface area (TPSA) is 55.4 Å². The molecule has 0 heterocycles. The normalized spacial score (nSPS) is 11.2. The van der Waals surface area contributed by atoms with Gasteiger partial charge in [0.1, 0.15) is 10.6 Å². The SMILES string of the molecule is Cc1ccc(NCc2ccccc2OS(=O)(=O)c2ccccc2)c(C)c1. The summed E-state index contributed by atoms with van der Waals surface area (Å²) in [5, 5.41) is 3.35. The van der Waals surface area contributed by atoms with Crippen LogP contribution in [-0.4, -0.2) is 8.42 Å². The van der Waals surface area contributed by atoms with Gasteiger partial charge in [-0.3, -0.25) is 0 Å². The minimum absolute atomic E-state index is 0.136. The third-order valence-corrected chi connectivity index (χ3v) is 5.30. The Labute approximate surface area is 154 Å². The minimum atomic E-state index is -3.86. The Morgan fingerprint density at radius 2 is 1.58 bits per heavy atom. The molecule has 3 aromatic rings. The number of benzene rings is 3. The van der Waals surface area contributed by atoms with Gasteiger partial charge < -0.3 is 9.50 Å². The average Bonchev–Trinajstić information content (AvgIpc) is 2.63. The highest BCUT2D eigenvalue weighted by Crippen LogP contribution is 2.25. The third-order valence-electron chi connectivity index (χ3n) is 4.06. The predicted molar refractivity (Wildman–Crippen MR) is 104 cm³/mol. The summed E-state index contributed by atoms with van der Waals surface area (Å²) >= 11 is 0. The van der Waals surface area contributed by atoms with Gasteiger partial charge in [-0.1, -0.05) is 54.1 Å². The summed E-state index contributed by atoms with van der Waals surface area (Å²) in [6.07, 6.45) is 0. The van der Waals surface area contributed by atoms with E-state index < -0.39 is 10.1 Å². The van der Waals surface area contributed by atoms with Crippen molar-refractivity contribution in [1.29, 1.82) is 0 Å². The van der Waals surface area contributed by atoms with E-state index in [-0.39, 0.29) is 4.90 Å². The number of nitrogens with one attached hydrogen (secondary N) is 1. The van der Waals surface area contributed by atoms with E-state index in [9.17, 15) is 8.42 Å². The summed E-state index contributed by atoms with van der Waals surface area (Å²) in [4.78, 5) is 0.136. The van der Waals surface area contributed by atoms with E-state index in [1.165, 1.54) is 17.7 Å². The maximum absolute atomic E-state index is 12.5. The van der Waals surface area contributed by atoms with E-state index in [1.54, 1.807) is 30.3 Å². The molecule has 0 saturated heterocycles. The van der Waals surface area contributed by atoms with Crippen LogP contribution < -0.4 is 9.50 Å². The zero-order valence-corrected chi connectivity index (χ0v) is 15.6. The Hall–Kier alpha value is -2.79. The van der Waals surface area contributed by atoms with Gasteiger partial charge in [0, 0.05) is 17.8 Å². The van der Waals surface area contributed by atoms with Crippen LogP contribution in [0.3, 0.4) is 0 Å². The van der Waals surface area contributed by atoms with Crippen molar-refractivity contribution in [3.63, 3.8) is 0 Å². The van der Waals surface area contributed by atoms with E-state index in [0.717, 1.165) is 16.8 Å². The van der Waals surface area contributed by atoms with Crippen molar-refractivity contribution in [2.24, 2.45) is 0 Å². The number of hydrogen-bond donors (Lipinski definition) is 1. The van der Waals surface area contributed by atoms with Gasteiger partial charge in [-0.05, 0) is 43.7 Å². The fourth-order valence-corrected chi connectivity index (χ4v) is 3.67. The molecule has 0 aromatic heterocycles. The maximum atomic E-state index is 12.5. The number of hydrogen-bond acceptors (Lipinski definition) is 4. The van der Waals surface area contributed by atoms with Crippen LogP contribution in [0.15, 0.2) is 77.7 Å². The first-order chi connectivity index (χ1) is 12.5. The summed E-state index contributed by atoms with van der Waals surface area (Å²) < 4.78 is 30.3. The molecule has 0 bridgehead atoms. The summed E-state index contributed by atoms with van der Waals surface area (Å²) in [6.45, 7) is 4.55. The number of rotatable bonds is 6. The van der Waals surface area contributed by atoms with Gasteiger partial charge in [0.2, 0.25) is 0 Å². The predicted octanol–water partition coefficient (Wildman–Crippen LogP) is 4.68. The second kappa shape index (κ2) is 7.62. The smallest absolute Gasteiger partial charge is 0.339 e. The second-order valence-corrected chi connectivity index (χ2v) is 7.68. The molecule has 0 atom stereocenters. The van der Waals surface area contributed by atoms with Gasteiger partial charge in [-0.15, -0.1) is 0 Å². The van der Waals surface area contributed by atoms with Crippen LogP contribution in [0, 0.1) is 13.8 Å². The fourth-order valence-electron chi connectivity index (χ4n) is 2.69. The molecule has 26 heavy (non-hydrogen) atoms. The number of anilines is 1. The molecule has 0 fully saturated rings. The lowest BCUT2D eigenvalue weighted by Gasteiger charge is -2.14. The van der Waals surface area contributed by atoms with Crippen LogP contribution in [0.1, 0.15) is 16.7 Å². The molecule has 0 unspecified atom stereocenters. The molecule has 0 amide bonds. The molecule has 0 aliphatic carbocycles. The second-order valence-electron chi connectivity index (χ2n) is 6.13. The van der Waals surface area contributed by atoms with Gasteiger partial charge in [0.25, 0.3) is 0 Å². The first-order valence-electron chi connectivity index (χ1n) is 8.34. The van der Waals surface area contributed by atoms with Crippen molar-refractivity contribution in [1.82, 2.24) is 0 Å². The lowest BCUT2D eigenvalue weighted by Crippen LogP contribution is -2.12. The molecule has 0 aliphatic heterocycles. The Balaban J connectivity index is 1.80.